The molecule has 2 rings (SSSR count). The molecule has 0 radical (unpaired) electrons. The van der Waals surface area contributed by atoms with Gasteiger partial charge in [0.05, 0.1) is 5.41 Å². The van der Waals surface area contributed by atoms with Crippen LogP contribution in [0.25, 0.3) is 0 Å². The summed E-state index contributed by atoms with van der Waals surface area (Å²) in [4.78, 5) is 12.4. The average Bonchev–Trinajstić information content (AvgIpc) is 3.01. The minimum atomic E-state index is -0.132. The summed E-state index contributed by atoms with van der Waals surface area (Å²) in [7, 11) is 0. The van der Waals surface area contributed by atoms with Crippen molar-refractivity contribution in [2.24, 2.45) is 11.3 Å². The van der Waals surface area contributed by atoms with Gasteiger partial charge in [0, 0.05) is 12.6 Å². The van der Waals surface area contributed by atoms with Gasteiger partial charge in [-0.3, -0.25) is 4.79 Å². The maximum absolute atomic E-state index is 12.4. The first-order valence-electron chi connectivity index (χ1n) is 7.19. The monoisotopic (exact) mass is 238 g/mol. The minimum Gasteiger partial charge on any atom is -0.353 e. The summed E-state index contributed by atoms with van der Waals surface area (Å²) in [5.74, 6) is 0.992. The van der Waals surface area contributed by atoms with E-state index >= 15 is 0 Å². The molecule has 0 aromatic carbocycles. The van der Waals surface area contributed by atoms with Crippen LogP contribution in [0.3, 0.4) is 0 Å². The van der Waals surface area contributed by atoms with Gasteiger partial charge in [-0.2, -0.15) is 0 Å². The second kappa shape index (κ2) is 5.38. The molecule has 2 atom stereocenters. The van der Waals surface area contributed by atoms with Crippen molar-refractivity contribution < 1.29 is 4.79 Å². The lowest BCUT2D eigenvalue weighted by molar-refractivity contribution is -0.131. The fourth-order valence-corrected chi connectivity index (χ4v) is 3.33. The van der Waals surface area contributed by atoms with Crippen LogP contribution in [0.4, 0.5) is 0 Å². The highest BCUT2D eigenvalue weighted by Gasteiger charge is 2.40. The van der Waals surface area contributed by atoms with E-state index in [0.29, 0.717) is 12.0 Å². The van der Waals surface area contributed by atoms with Crippen molar-refractivity contribution >= 4 is 5.91 Å². The third kappa shape index (κ3) is 2.65. The van der Waals surface area contributed by atoms with Gasteiger partial charge in [0.15, 0.2) is 0 Å². The number of rotatable bonds is 4. The molecule has 17 heavy (non-hydrogen) atoms. The Morgan fingerprint density at radius 1 is 1.47 bits per heavy atom. The van der Waals surface area contributed by atoms with Crippen LogP contribution in [0.1, 0.15) is 52.4 Å². The van der Waals surface area contributed by atoms with Crippen LogP contribution in [0.5, 0.6) is 0 Å². The topological polar surface area (TPSA) is 41.1 Å². The van der Waals surface area contributed by atoms with Crippen molar-refractivity contribution in [2.45, 2.75) is 58.4 Å². The highest BCUT2D eigenvalue weighted by atomic mass is 16.2. The minimum absolute atomic E-state index is 0.132. The highest BCUT2D eigenvalue weighted by molar-refractivity contribution is 5.83. The lowest BCUT2D eigenvalue weighted by atomic mass is 9.82. The van der Waals surface area contributed by atoms with E-state index in [0.717, 1.165) is 25.9 Å². The van der Waals surface area contributed by atoms with E-state index in [4.69, 9.17) is 0 Å². The second-order valence-corrected chi connectivity index (χ2v) is 5.87. The Morgan fingerprint density at radius 3 is 2.71 bits per heavy atom. The van der Waals surface area contributed by atoms with Crippen LogP contribution in [0.15, 0.2) is 0 Å². The zero-order valence-corrected chi connectivity index (χ0v) is 11.2. The first-order chi connectivity index (χ1) is 8.18. The number of hydrogen-bond donors (Lipinski definition) is 2. The van der Waals surface area contributed by atoms with E-state index in [1.807, 2.05) is 0 Å². The third-order valence-corrected chi connectivity index (χ3v) is 4.87. The normalized spacial score (nSPS) is 31.6. The Morgan fingerprint density at radius 2 is 2.18 bits per heavy atom. The Kier molecular flexibility index (Phi) is 4.08. The van der Waals surface area contributed by atoms with Crippen LogP contribution in [-0.4, -0.2) is 25.0 Å². The molecule has 1 saturated carbocycles. The molecule has 1 heterocycles. The third-order valence-electron chi connectivity index (χ3n) is 4.87. The Balaban J connectivity index is 1.90. The first kappa shape index (κ1) is 12.9. The van der Waals surface area contributed by atoms with Gasteiger partial charge >= 0.3 is 0 Å². The van der Waals surface area contributed by atoms with Gasteiger partial charge in [0.2, 0.25) is 5.91 Å². The predicted octanol–water partition coefficient (Wildman–Crippen LogP) is 2.07. The number of nitrogens with one attached hydrogen (secondary N) is 2. The summed E-state index contributed by atoms with van der Waals surface area (Å²) >= 11 is 0. The largest absolute Gasteiger partial charge is 0.353 e. The van der Waals surface area contributed by atoms with Crippen LogP contribution in [0, 0.1) is 11.3 Å². The van der Waals surface area contributed by atoms with Crippen molar-refractivity contribution in [3.8, 4) is 0 Å². The van der Waals surface area contributed by atoms with Crippen LogP contribution < -0.4 is 10.6 Å². The van der Waals surface area contributed by atoms with Gasteiger partial charge in [-0.15, -0.1) is 0 Å². The maximum atomic E-state index is 12.4. The fourth-order valence-electron chi connectivity index (χ4n) is 3.33. The molecule has 0 spiro atoms. The van der Waals surface area contributed by atoms with Crippen LogP contribution in [0.2, 0.25) is 0 Å². The molecule has 98 valence electrons. The lowest BCUT2D eigenvalue weighted by Gasteiger charge is -2.29. The zero-order valence-electron chi connectivity index (χ0n) is 11.2. The van der Waals surface area contributed by atoms with Gasteiger partial charge in [0.25, 0.3) is 0 Å². The number of carbonyl (C=O) groups is 1. The summed E-state index contributed by atoms with van der Waals surface area (Å²) in [6.45, 7) is 6.15. The molecule has 0 aromatic rings. The van der Waals surface area contributed by atoms with Gasteiger partial charge in [-0.05, 0) is 45.1 Å². The summed E-state index contributed by atoms with van der Waals surface area (Å²) in [5.41, 5.74) is -0.132. The molecule has 3 heteroatoms. The van der Waals surface area contributed by atoms with E-state index in [2.05, 4.69) is 24.5 Å². The zero-order chi connectivity index (χ0) is 12.3. The smallest absolute Gasteiger partial charge is 0.227 e. The molecule has 1 aliphatic heterocycles. The number of carbonyl (C=O) groups excluding carboxylic acids is 1. The Hall–Kier alpha value is -0.570. The molecular weight excluding hydrogens is 212 g/mol. The van der Waals surface area contributed by atoms with E-state index in [-0.39, 0.29) is 11.3 Å². The molecule has 1 amide bonds. The summed E-state index contributed by atoms with van der Waals surface area (Å²) in [6, 6.07) is 0.356. The van der Waals surface area contributed by atoms with E-state index in [1.54, 1.807) is 0 Å². The molecule has 2 N–H and O–H groups in total. The molecule has 1 aliphatic carbocycles. The molecule has 0 aromatic heterocycles. The highest BCUT2D eigenvalue weighted by Crippen LogP contribution is 2.32. The maximum Gasteiger partial charge on any atom is 0.227 e. The molecular formula is C14H26N2O. The summed E-state index contributed by atoms with van der Waals surface area (Å²) in [5, 5.41) is 6.60. The van der Waals surface area contributed by atoms with E-state index in [9.17, 15) is 4.79 Å². The Labute approximate surface area is 105 Å². The average molecular weight is 238 g/mol. The second-order valence-electron chi connectivity index (χ2n) is 5.87. The molecule has 1 unspecified atom stereocenters. The Bertz CT molecular complexity index is 265. The lowest BCUT2D eigenvalue weighted by Crippen LogP contribution is -2.47. The molecule has 0 bridgehead atoms. The first-order valence-corrected chi connectivity index (χ1v) is 7.19. The number of hydrogen-bond acceptors (Lipinski definition) is 2. The summed E-state index contributed by atoms with van der Waals surface area (Å²) in [6.07, 6.45) is 7.20. The van der Waals surface area contributed by atoms with Gasteiger partial charge < -0.3 is 10.6 Å². The van der Waals surface area contributed by atoms with Gasteiger partial charge in [-0.25, -0.2) is 0 Å². The van der Waals surface area contributed by atoms with Crippen molar-refractivity contribution in [1.29, 1.82) is 0 Å². The quantitative estimate of drug-likeness (QED) is 0.787. The van der Waals surface area contributed by atoms with Crippen LogP contribution in [-0.2, 0) is 4.79 Å². The van der Waals surface area contributed by atoms with E-state index < -0.39 is 0 Å². The molecule has 2 fully saturated rings. The molecule has 1 saturated heterocycles. The standard InChI is InChI=1S/C14H26N2O/c1-3-14(8-9-15-10-14)13(17)16-11(2)12-6-4-5-7-12/h11-12,15H,3-10H2,1-2H3,(H,16,17)/t11-,14?/m0/s1. The van der Waals surface area contributed by atoms with Crippen LogP contribution >= 0.6 is 0 Å². The van der Waals surface area contributed by atoms with E-state index in [1.165, 1.54) is 25.7 Å². The summed E-state index contributed by atoms with van der Waals surface area (Å²) < 4.78 is 0. The molecule has 3 nitrogen and oxygen atoms in total. The molecule has 2 aliphatic rings. The number of amides is 1. The van der Waals surface area contributed by atoms with Crippen molar-refractivity contribution in [2.75, 3.05) is 13.1 Å². The van der Waals surface area contributed by atoms with Gasteiger partial charge in [-0.1, -0.05) is 19.8 Å². The van der Waals surface area contributed by atoms with Crippen molar-refractivity contribution in [3.63, 3.8) is 0 Å². The van der Waals surface area contributed by atoms with Crippen molar-refractivity contribution in [3.05, 3.63) is 0 Å². The van der Waals surface area contributed by atoms with Crippen molar-refractivity contribution in [1.82, 2.24) is 10.6 Å². The fraction of sp³-hybridized carbons (Fsp3) is 0.929. The SMILES string of the molecule is CCC1(C(=O)N[C@@H](C)C2CCCC2)CCNC1. The predicted molar refractivity (Wildman–Crippen MR) is 69.8 cm³/mol. The van der Waals surface area contributed by atoms with Gasteiger partial charge in [0.1, 0.15) is 0 Å².